The van der Waals surface area contributed by atoms with Crippen LogP contribution in [-0.2, 0) is 28.1 Å². The lowest BCUT2D eigenvalue weighted by atomic mass is 9.33. The third kappa shape index (κ3) is 6.54. The zero-order valence-electron chi connectivity index (χ0n) is 39.0. The van der Waals surface area contributed by atoms with Gasteiger partial charge < -0.3 is 9.80 Å². The normalized spacial score (nSPS) is 14.3. The summed E-state index contributed by atoms with van der Waals surface area (Å²) >= 11 is 0. The Kier molecular flexibility index (Phi) is 9.00. The van der Waals surface area contributed by atoms with E-state index in [4.69, 9.17) is 0 Å². The summed E-state index contributed by atoms with van der Waals surface area (Å²) in [6.45, 7) is 28.1. The van der Waals surface area contributed by atoms with Crippen molar-refractivity contribution in [3.05, 3.63) is 173 Å². The van der Waals surface area contributed by atoms with Crippen LogP contribution >= 0.6 is 0 Å². The van der Waals surface area contributed by atoms with Crippen LogP contribution < -0.4 is 26.2 Å². The Morgan fingerprint density at radius 1 is 0.387 bits per heavy atom. The molecule has 0 aromatic heterocycles. The molecule has 3 heteroatoms. The number of anilines is 6. The molecule has 2 nitrogen and oxygen atoms in total. The third-order valence-corrected chi connectivity index (χ3v) is 13.9. The number of benzene rings is 7. The summed E-state index contributed by atoms with van der Waals surface area (Å²) in [4.78, 5) is 5.20. The van der Waals surface area contributed by atoms with Gasteiger partial charge in [0.05, 0.1) is 0 Å². The van der Waals surface area contributed by atoms with Gasteiger partial charge in [0.15, 0.2) is 0 Å². The second-order valence-corrected chi connectivity index (χ2v) is 22.4. The lowest BCUT2D eigenvalue weighted by Crippen LogP contribution is -2.61. The predicted octanol–water partition coefficient (Wildman–Crippen LogP) is 14.2. The lowest BCUT2D eigenvalue weighted by Gasteiger charge is -2.45. The van der Waals surface area contributed by atoms with E-state index in [1.807, 2.05) is 0 Å². The maximum absolute atomic E-state index is 2.60. The van der Waals surface area contributed by atoms with Crippen molar-refractivity contribution in [2.75, 3.05) is 9.80 Å². The fourth-order valence-electron chi connectivity index (χ4n) is 10.3. The summed E-state index contributed by atoms with van der Waals surface area (Å²) in [7, 11) is 0. The summed E-state index contributed by atoms with van der Waals surface area (Å²) in [5.74, 6) is 0. The van der Waals surface area contributed by atoms with Crippen molar-refractivity contribution in [1.82, 2.24) is 0 Å². The minimum atomic E-state index is -0.0990. The predicted molar refractivity (Wildman–Crippen MR) is 269 cm³/mol. The van der Waals surface area contributed by atoms with Crippen LogP contribution in [0.1, 0.15) is 116 Å². The largest absolute Gasteiger partial charge is 0.311 e. The van der Waals surface area contributed by atoms with Crippen molar-refractivity contribution >= 4 is 57.2 Å². The van der Waals surface area contributed by atoms with Crippen LogP contribution in [0.15, 0.2) is 140 Å². The van der Waals surface area contributed by atoms with Gasteiger partial charge in [0.2, 0.25) is 0 Å². The van der Waals surface area contributed by atoms with Crippen LogP contribution in [0.3, 0.4) is 0 Å². The molecule has 0 amide bonds. The highest BCUT2D eigenvalue weighted by atomic mass is 15.2. The molecule has 7 aromatic rings. The van der Waals surface area contributed by atoms with E-state index < -0.39 is 0 Å². The van der Waals surface area contributed by atoms with Crippen molar-refractivity contribution < 1.29 is 0 Å². The molecule has 62 heavy (non-hydrogen) atoms. The summed E-state index contributed by atoms with van der Waals surface area (Å²) in [6, 6.07) is 54.3. The molecule has 0 saturated carbocycles. The SMILES string of the molecule is CC(C)(C)c1ccc(N2c3cc(C(C)(C)C)ccc3B3c4cc(C(C)(C)C)ccc4N(c4cccc(-c5cccc6c5-c5ccccc5C6)c4)c4cc(C(C)(C)C)cc2c43)cc1. The van der Waals surface area contributed by atoms with E-state index in [9.17, 15) is 0 Å². The molecular formula is C59H61BN2. The van der Waals surface area contributed by atoms with Crippen LogP contribution in [0.4, 0.5) is 34.1 Å². The first-order chi connectivity index (χ1) is 29.3. The van der Waals surface area contributed by atoms with Crippen LogP contribution in [-0.4, -0.2) is 6.71 Å². The van der Waals surface area contributed by atoms with E-state index in [1.165, 1.54) is 106 Å². The maximum Gasteiger partial charge on any atom is 0.252 e. The summed E-state index contributed by atoms with van der Waals surface area (Å²) in [6.07, 6.45) is 0.982. The van der Waals surface area contributed by atoms with Gasteiger partial charge in [0.25, 0.3) is 6.71 Å². The van der Waals surface area contributed by atoms with Crippen molar-refractivity contribution in [3.63, 3.8) is 0 Å². The molecule has 0 atom stereocenters. The minimum Gasteiger partial charge on any atom is -0.311 e. The third-order valence-electron chi connectivity index (χ3n) is 13.9. The Bertz CT molecular complexity index is 2920. The van der Waals surface area contributed by atoms with Crippen molar-refractivity contribution in [1.29, 1.82) is 0 Å². The Labute approximate surface area is 371 Å². The molecule has 2 aliphatic heterocycles. The highest BCUT2D eigenvalue weighted by Crippen LogP contribution is 2.49. The van der Waals surface area contributed by atoms with E-state index in [1.54, 1.807) is 0 Å². The van der Waals surface area contributed by atoms with E-state index >= 15 is 0 Å². The van der Waals surface area contributed by atoms with Gasteiger partial charge in [0.1, 0.15) is 0 Å². The Morgan fingerprint density at radius 2 is 0.935 bits per heavy atom. The standard InChI is InChI=1S/C59H61BN2/c1-56(2,3)40-23-27-44(28-24-40)61-51-34-42(58(7,8)9)25-29-48(51)60-49-33-41(57(4,5)6)26-30-50(49)62(53-36-43(59(10,11)12)35-52(61)55(53)60)45-20-15-18-38(32-45)47-22-16-19-39-31-37-17-13-14-21-46(37)54(39)47/h13-30,32-36H,31H2,1-12H3. The van der Waals surface area contributed by atoms with Crippen LogP contribution in [0, 0.1) is 0 Å². The van der Waals surface area contributed by atoms with Gasteiger partial charge >= 0.3 is 0 Å². The molecule has 0 spiro atoms. The average molecular weight is 809 g/mol. The number of hydrogen-bond acceptors (Lipinski definition) is 2. The molecule has 1 aliphatic carbocycles. The van der Waals surface area contributed by atoms with Crippen LogP contribution in [0.5, 0.6) is 0 Å². The maximum atomic E-state index is 2.60. The minimum absolute atomic E-state index is 0.0118. The first-order valence-corrected chi connectivity index (χ1v) is 22.8. The Balaban J connectivity index is 1.27. The fourth-order valence-corrected chi connectivity index (χ4v) is 10.3. The summed E-state index contributed by atoms with van der Waals surface area (Å²) in [5.41, 5.74) is 24.9. The van der Waals surface area contributed by atoms with E-state index in [0.717, 1.165) is 6.42 Å². The molecule has 0 unspecified atom stereocenters. The second-order valence-electron chi connectivity index (χ2n) is 22.4. The Hall–Kier alpha value is -5.80. The number of fused-ring (bicyclic) bond motifs is 7. The van der Waals surface area contributed by atoms with Gasteiger partial charge in [-0.1, -0.05) is 174 Å². The number of hydrogen-bond donors (Lipinski definition) is 0. The lowest BCUT2D eigenvalue weighted by molar-refractivity contribution is 0.589. The summed E-state index contributed by atoms with van der Waals surface area (Å²) < 4.78 is 0. The molecular weight excluding hydrogens is 747 g/mol. The van der Waals surface area contributed by atoms with Gasteiger partial charge in [-0.3, -0.25) is 0 Å². The first kappa shape index (κ1) is 40.3. The van der Waals surface area contributed by atoms with Crippen LogP contribution in [0.2, 0.25) is 0 Å². The molecule has 0 bridgehead atoms. The monoisotopic (exact) mass is 808 g/mol. The number of rotatable bonds is 3. The van der Waals surface area contributed by atoms with Gasteiger partial charge in [-0.25, -0.2) is 0 Å². The van der Waals surface area contributed by atoms with Gasteiger partial charge in [-0.05, 0) is 149 Å². The zero-order chi connectivity index (χ0) is 43.7. The molecule has 0 radical (unpaired) electrons. The molecule has 2 heterocycles. The molecule has 0 fully saturated rings. The van der Waals surface area contributed by atoms with E-state index in [-0.39, 0.29) is 28.4 Å². The topological polar surface area (TPSA) is 6.48 Å². The van der Waals surface area contributed by atoms with Crippen molar-refractivity contribution in [2.24, 2.45) is 0 Å². The second kappa shape index (κ2) is 13.9. The van der Waals surface area contributed by atoms with Crippen molar-refractivity contribution in [3.8, 4) is 22.3 Å². The van der Waals surface area contributed by atoms with Gasteiger partial charge in [0, 0.05) is 34.1 Å². The number of nitrogens with zero attached hydrogens (tertiary/aromatic N) is 2. The van der Waals surface area contributed by atoms with Gasteiger partial charge in [-0.2, -0.15) is 0 Å². The van der Waals surface area contributed by atoms with Crippen LogP contribution in [0.25, 0.3) is 22.3 Å². The fraction of sp³-hybridized carbons (Fsp3) is 0.288. The molecule has 10 rings (SSSR count). The highest BCUT2D eigenvalue weighted by molar-refractivity contribution is 7.00. The molecule has 310 valence electrons. The summed E-state index contributed by atoms with van der Waals surface area (Å²) in [5, 5.41) is 0. The smallest absolute Gasteiger partial charge is 0.252 e. The zero-order valence-corrected chi connectivity index (χ0v) is 39.0. The highest BCUT2D eigenvalue weighted by Gasteiger charge is 2.45. The Morgan fingerprint density at radius 3 is 1.61 bits per heavy atom. The first-order valence-electron chi connectivity index (χ1n) is 22.8. The molecule has 7 aromatic carbocycles. The molecule has 0 saturated heterocycles. The van der Waals surface area contributed by atoms with Crippen molar-refractivity contribution in [2.45, 2.75) is 111 Å². The molecule has 3 aliphatic rings. The molecule has 0 N–H and O–H groups in total. The quantitative estimate of drug-likeness (QED) is 0.164. The average Bonchev–Trinajstić information content (AvgIpc) is 3.61. The van der Waals surface area contributed by atoms with Gasteiger partial charge in [-0.15, -0.1) is 0 Å². The van der Waals surface area contributed by atoms with E-state index in [2.05, 4.69) is 232 Å². The van der Waals surface area contributed by atoms with E-state index in [0.29, 0.717) is 0 Å².